The number of carbonyl (C=O) groups is 1. The van der Waals surface area contributed by atoms with E-state index in [1.807, 2.05) is 6.07 Å². The van der Waals surface area contributed by atoms with Gasteiger partial charge in [0.25, 0.3) is 0 Å². The molecule has 1 heterocycles. The van der Waals surface area contributed by atoms with E-state index in [0.29, 0.717) is 19.0 Å². The van der Waals surface area contributed by atoms with Crippen molar-refractivity contribution in [1.82, 2.24) is 9.88 Å². The summed E-state index contributed by atoms with van der Waals surface area (Å²) in [5, 5.41) is 8.79. The molecule has 0 saturated carbocycles. The molecule has 1 rings (SSSR count). The summed E-state index contributed by atoms with van der Waals surface area (Å²) in [5.74, 6) is -0.346. The fourth-order valence-electron chi connectivity index (χ4n) is 1.53. The molecule has 1 aromatic heterocycles. The summed E-state index contributed by atoms with van der Waals surface area (Å²) in [6.45, 7) is 4.54. The molecule has 0 aliphatic heterocycles. The summed E-state index contributed by atoms with van der Waals surface area (Å²) in [4.78, 5) is 16.5. The van der Waals surface area contributed by atoms with Crippen LogP contribution < -0.4 is 4.74 Å². The smallest absolute Gasteiger partial charge is 0.317 e. The van der Waals surface area contributed by atoms with Gasteiger partial charge in [0, 0.05) is 24.8 Å². The third-order valence-electron chi connectivity index (χ3n) is 2.18. The molecule has 0 radical (unpaired) electrons. The van der Waals surface area contributed by atoms with Crippen LogP contribution in [0.1, 0.15) is 5.56 Å². The Labute approximate surface area is 100 Å². The molecule has 0 unspecified atom stereocenters. The van der Waals surface area contributed by atoms with Crippen molar-refractivity contribution >= 4 is 5.97 Å². The van der Waals surface area contributed by atoms with Gasteiger partial charge in [-0.2, -0.15) is 0 Å². The minimum atomic E-state index is -0.866. The van der Waals surface area contributed by atoms with Crippen LogP contribution in [0.5, 0.6) is 5.88 Å². The molecule has 0 atom stereocenters. The molecule has 0 fully saturated rings. The van der Waals surface area contributed by atoms with Gasteiger partial charge in [-0.15, -0.1) is 6.58 Å². The lowest BCUT2D eigenvalue weighted by Crippen LogP contribution is -2.29. The van der Waals surface area contributed by atoms with Gasteiger partial charge in [0.1, 0.15) is 0 Å². The molecule has 0 spiro atoms. The lowest BCUT2D eigenvalue weighted by atomic mass is 10.2. The van der Waals surface area contributed by atoms with Gasteiger partial charge < -0.3 is 9.84 Å². The van der Waals surface area contributed by atoms with Crippen LogP contribution in [-0.4, -0.2) is 41.2 Å². The van der Waals surface area contributed by atoms with E-state index >= 15 is 0 Å². The lowest BCUT2D eigenvalue weighted by molar-refractivity contribution is -0.138. The molecular formula is C12H16N2O3. The van der Waals surface area contributed by atoms with Gasteiger partial charge in [-0.25, -0.2) is 4.98 Å². The van der Waals surface area contributed by atoms with Crippen LogP contribution in [-0.2, 0) is 11.3 Å². The van der Waals surface area contributed by atoms with Gasteiger partial charge in [-0.3, -0.25) is 9.69 Å². The molecule has 5 heteroatoms. The van der Waals surface area contributed by atoms with Crippen molar-refractivity contribution in [2.75, 3.05) is 20.2 Å². The number of carboxylic acid groups (broad SMARTS) is 1. The summed E-state index contributed by atoms with van der Waals surface area (Å²) < 4.78 is 5.12. The molecule has 5 nitrogen and oxygen atoms in total. The number of pyridine rings is 1. The van der Waals surface area contributed by atoms with Gasteiger partial charge >= 0.3 is 5.97 Å². The number of hydrogen-bond donors (Lipinski definition) is 1. The van der Waals surface area contributed by atoms with E-state index in [0.717, 1.165) is 5.56 Å². The quantitative estimate of drug-likeness (QED) is 0.720. The standard InChI is InChI=1S/C12H16N2O3/c1-3-7-14(9-11(15)16)8-10-5-4-6-13-12(10)17-2/h3-6H,1,7-9H2,2H3,(H,15,16). The average molecular weight is 236 g/mol. The minimum Gasteiger partial charge on any atom is -0.481 e. The third kappa shape index (κ3) is 4.24. The predicted molar refractivity (Wildman–Crippen MR) is 63.9 cm³/mol. The van der Waals surface area contributed by atoms with Crippen molar-refractivity contribution in [3.63, 3.8) is 0 Å². The molecule has 0 aliphatic carbocycles. The highest BCUT2D eigenvalue weighted by Crippen LogP contribution is 2.15. The predicted octanol–water partition coefficient (Wildman–Crippen LogP) is 1.16. The molecule has 0 amide bonds. The number of hydrogen-bond acceptors (Lipinski definition) is 4. The molecule has 0 bridgehead atoms. The number of carboxylic acids is 1. The molecule has 0 aromatic carbocycles. The van der Waals surface area contributed by atoms with Crippen LogP contribution in [0.25, 0.3) is 0 Å². The van der Waals surface area contributed by atoms with E-state index in [9.17, 15) is 4.79 Å². The maximum Gasteiger partial charge on any atom is 0.317 e. The van der Waals surface area contributed by atoms with Crippen molar-refractivity contribution < 1.29 is 14.6 Å². The Morgan fingerprint density at radius 1 is 1.71 bits per heavy atom. The van der Waals surface area contributed by atoms with Crippen molar-refractivity contribution in [2.24, 2.45) is 0 Å². The summed E-state index contributed by atoms with van der Waals surface area (Å²) >= 11 is 0. The Morgan fingerprint density at radius 3 is 3.06 bits per heavy atom. The van der Waals surface area contributed by atoms with Crippen molar-refractivity contribution in [3.8, 4) is 5.88 Å². The molecule has 1 N–H and O–H groups in total. The molecule has 1 aromatic rings. The number of aliphatic carboxylic acids is 1. The Balaban J connectivity index is 2.77. The van der Waals surface area contributed by atoms with Crippen molar-refractivity contribution in [3.05, 3.63) is 36.5 Å². The van der Waals surface area contributed by atoms with Gasteiger partial charge in [0.05, 0.1) is 13.7 Å². The molecule has 0 aliphatic rings. The molecule has 17 heavy (non-hydrogen) atoms. The minimum absolute atomic E-state index is 0.0376. The van der Waals surface area contributed by atoms with E-state index in [2.05, 4.69) is 11.6 Å². The number of rotatable bonds is 7. The number of ether oxygens (including phenoxy) is 1. The number of aromatic nitrogens is 1. The zero-order chi connectivity index (χ0) is 12.7. The highest BCUT2D eigenvalue weighted by molar-refractivity contribution is 5.69. The SMILES string of the molecule is C=CCN(CC(=O)O)Cc1cccnc1OC. The highest BCUT2D eigenvalue weighted by atomic mass is 16.5. The van der Waals surface area contributed by atoms with E-state index < -0.39 is 5.97 Å². The number of methoxy groups -OCH3 is 1. The van der Waals surface area contributed by atoms with E-state index in [4.69, 9.17) is 9.84 Å². The average Bonchev–Trinajstić information content (AvgIpc) is 2.29. The zero-order valence-corrected chi connectivity index (χ0v) is 9.80. The largest absolute Gasteiger partial charge is 0.481 e. The lowest BCUT2D eigenvalue weighted by Gasteiger charge is -2.19. The fraction of sp³-hybridized carbons (Fsp3) is 0.333. The highest BCUT2D eigenvalue weighted by Gasteiger charge is 2.12. The summed E-state index contributed by atoms with van der Waals surface area (Å²) in [7, 11) is 1.54. The first-order valence-electron chi connectivity index (χ1n) is 5.20. The number of nitrogens with zero attached hydrogens (tertiary/aromatic N) is 2. The summed E-state index contributed by atoms with van der Waals surface area (Å²) in [6, 6.07) is 3.66. The second-order valence-corrected chi connectivity index (χ2v) is 3.52. The van der Waals surface area contributed by atoms with E-state index in [-0.39, 0.29) is 6.54 Å². The van der Waals surface area contributed by atoms with E-state index in [1.165, 1.54) is 0 Å². The first-order valence-corrected chi connectivity index (χ1v) is 5.20. The van der Waals surface area contributed by atoms with Crippen LogP contribution in [0.2, 0.25) is 0 Å². The van der Waals surface area contributed by atoms with Gasteiger partial charge in [0.15, 0.2) is 0 Å². The van der Waals surface area contributed by atoms with Crippen molar-refractivity contribution in [1.29, 1.82) is 0 Å². The van der Waals surface area contributed by atoms with Crippen LogP contribution >= 0.6 is 0 Å². The van der Waals surface area contributed by atoms with Crippen LogP contribution in [0.15, 0.2) is 31.0 Å². The Hall–Kier alpha value is -1.88. The van der Waals surface area contributed by atoms with Crippen LogP contribution in [0.3, 0.4) is 0 Å². The summed E-state index contributed by atoms with van der Waals surface area (Å²) in [6.07, 6.45) is 3.31. The first-order chi connectivity index (χ1) is 8.17. The van der Waals surface area contributed by atoms with Gasteiger partial charge in [-0.05, 0) is 6.07 Å². The Bertz CT molecular complexity index is 393. The van der Waals surface area contributed by atoms with Gasteiger partial charge in [-0.1, -0.05) is 12.1 Å². The maximum atomic E-state index is 10.7. The Kier molecular flexibility index (Phi) is 5.16. The van der Waals surface area contributed by atoms with Crippen LogP contribution in [0.4, 0.5) is 0 Å². The second-order valence-electron chi connectivity index (χ2n) is 3.52. The first kappa shape index (κ1) is 13.2. The summed E-state index contributed by atoms with van der Waals surface area (Å²) in [5.41, 5.74) is 0.859. The molecule has 92 valence electrons. The normalized spacial score (nSPS) is 10.2. The van der Waals surface area contributed by atoms with Crippen LogP contribution in [0, 0.1) is 0 Å². The monoisotopic (exact) mass is 236 g/mol. The second kappa shape index (κ2) is 6.65. The maximum absolute atomic E-state index is 10.7. The Morgan fingerprint density at radius 2 is 2.47 bits per heavy atom. The molecule has 0 saturated heterocycles. The topological polar surface area (TPSA) is 62.7 Å². The zero-order valence-electron chi connectivity index (χ0n) is 9.80. The van der Waals surface area contributed by atoms with E-state index in [1.54, 1.807) is 30.3 Å². The van der Waals surface area contributed by atoms with Crippen molar-refractivity contribution in [2.45, 2.75) is 6.54 Å². The van der Waals surface area contributed by atoms with Gasteiger partial charge in [0.2, 0.25) is 5.88 Å². The third-order valence-corrected chi connectivity index (χ3v) is 2.18. The fourth-order valence-corrected chi connectivity index (χ4v) is 1.53. The molecular weight excluding hydrogens is 220 g/mol.